The van der Waals surface area contributed by atoms with Gasteiger partial charge in [-0.05, 0) is 47.7 Å². The molecule has 1 fully saturated rings. The highest BCUT2D eigenvalue weighted by Gasteiger charge is 2.34. The third kappa shape index (κ3) is 6.69. The fourth-order valence-corrected chi connectivity index (χ4v) is 3.70. The van der Waals surface area contributed by atoms with E-state index in [9.17, 15) is 23.2 Å². The number of imide groups is 1. The van der Waals surface area contributed by atoms with Crippen molar-refractivity contribution in [1.82, 2.24) is 10.2 Å². The molecule has 8 nitrogen and oxygen atoms in total. The highest BCUT2D eigenvalue weighted by Crippen LogP contribution is 2.34. The molecule has 0 atom stereocenters. The van der Waals surface area contributed by atoms with Gasteiger partial charge in [-0.3, -0.25) is 19.3 Å². The molecule has 3 amide bonds. The summed E-state index contributed by atoms with van der Waals surface area (Å²) in [5.74, 6) is -0.450. The summed E-state index contributed by atoms with van der Waals surface area (Å²) in [6.45, 7) is -3.15. The van der Waals surface area contributed by atoms with Gasteiger partial charge in [0.05, 0.1) is 12.0 Å². The van der Waals surface area contributed by atoms with Gasteiger partial charge in [-0.1, -0.05) is 24.3 Å². The second kappa shape index (κ2) is 11.3. The zero-order chi connectivity index (χ0) is 23.8. The van der Waals surface area contributed by atoms with Crippen molar-refractivity contribution in [2.45, 2.75) is 6.61 Å². The average Bonchev–Trinajstić information content (AvgIpc) is 3.06. The van der Waals surface area contributed by atoms with E-state index < -0.39 is 17.8 Å². The molecule has 1 heterocycles. The van der Waals surface area contributed by atoms with Crippen LogP contribution in [-0.2, 0) is 9.59 Å². The molecular formula is C22H20F2N2O6S. The number of nitrogens with zero attached hydrogens (tertiary/aromatic N) is 1. The van der Waals surface area contributed by atoms with Gasteiger partial charge in [0, 0.05) is 13.1 Å². The Labute approximate surface area is 192 Å². The minimum absolute atomic E-state index is 0.0103. The lowest BCUT2D eigenvalue weighted by Gasteiger charge is -2.13. The number of amides is 3. The number of rotatable bonds is 10. The summed E-state index contributed by atoms with van der Waals surface area (Å²) >= 11 is 0.740. The molecule has 0 aromatic heterocycles. The van der Waals surface area contributed by atoms with Gasteiger partial charge in [0.1, 0.15) is 5.75 Å². The molecule has 0 spiro atoms. The molecular weight excluding hydrogens is 458 g/mol. The Morgan fingerprint density at radius 1 is 1.15 bits per heavy atom. The summed E-state index contributed by atoms with van der Waals surface area (Å²) in [5.41, 5.74) is 0.463. The first kappa shape index (κ1) is 24.1. The van der Waals surface area contributed by atoms with Crippen LogP contribution in [0.5, 0.6) is 17.2 Å². The largest absolute Gasteiger partial charge is 0.493 e. The molecule has 3 rings (SSSR count). The molecule has 11 heteroatoms. The van der Waals surface area contributed by atoms with Crippen molar-refractivity contribution in [2.75, 3.05) is 26.8 Å². The molecule has 33 heavy (non-hydrogen) atoms. The number of thioether (sulfide) groups is 1. The van der Waals surface area contributed by atoms with Crippen molar-refractivity contribution in [3.8, 4) is 17.2 Å². The van der Waals surface area contributed by atoms with Crippen LogP contribution in [0.3, 0.4) is 0 Å². The van der Waals surface area contributed by atoms with Crippen LogP contribution in [0.1, 0.15) is 5.56 Å². The van der Waals surface area contributed by atoms with Crippen LogP contribution in [0.25, 0.3) is 6.08 Å². The van der Waals surface area contributed by atoms with Gasteiger partial charge in [-0.15, -0.1) is 0 Å². The van der Waals surface area contributed by atoms with E-state index in [1.54, 1.807) is 24.3 Å². The molecule has 0 radical (unpaired) electrons. The van der Waals surface area contributed by atoms with E-state index in [2.05, 4.69) is 10.1 Å². The minimum Gasteiger partial charge on any atom is -0.493 e. The minimum atomic E-state index is -3.01. The van der Waals surface area contributed by atoms with Gasteiger partial charge in [-0.2, -0.15) is 8.78 Å². The third-order valence-electron chi connectivity index (χ3n) is 4.35. The summed E-state index contributed by atoms with van der Waals surface area (Å²) < 4.78 is 39.7. The number of carbonyl (C=O) groups is 3. The summed E-state index contributed by atoms with van der Waals surface area (Å²) in [6, 6.07) is 13.0. The second-order valence-electron chi connectivity index (χ2n) is 6.57. The normalized spacial score (nSPS) is 14.7. The van der Waals surface area contributed by atoms with Crippen LogP contribution < -0.4 is 19.5 Å². The Hall–Kier alpha value is -3.60. The maximum Gasteiger partial charge on any atom is 0.387 e. The summed E-state index contributed by atoms with van der Waals surface area (Å²) in [5, 5.41) is 2.11. The van der Waals surface area contributed by atoms with Gasteiger partial charge in [0.2, 0.25) is 0 Å². The van der Waals surface area contributed by atoms with E-state index in [0.29, 0.717) is 11.3 Å². The standard InChI is InChI=1S/C22H20F2N2O6S/c1-30-17-11-14(7-8-16(17)32-21(23)24)12-18-20(28)26(22(29)33-18)10-9-25-19(27)13-31-15-5-3-2-4-6-15/h2-8,11-12,21H,9-10,13H2,1H3,(H,25,27)/b18-12-. The van der Waals surface area contributed by atoms with Crippen molar-refractivity contribution in [3.63, 3.8) is 0 Å². The number of halogens is 2. The van der Waals surface area contributed by atoms with E-state index in [4.69, 9.17) is 9.47 Å². The third-order valence-corrected chi connectivity index (χ3v) is 5.25. The first-order valence-corrected chi connectivity index (χ1v) is 10.5. The van der Waals surface area contributed by atoms with Crippen molar-refractivity contribution >= 4 is 34.9 Å². The van der Waals surface area contributed by atoms with E-state index >= 15 is 0 Å². The number of ether oxygens (including phenoxy) is 3. The molecule has 2 aromatic carbocycles. The zero-order valence-corrected chi connectivity index (χ0v) is 18.3. The Morgan fingerprint density at radius 3 is 2.61 bits per heavy atom. The average molecular weight is 478 g/mol. The Bertz CT molecular complexity index is 1050. The van der Waals surface area contributed by atoms with Crippen LogP contribution in [0.4, 0.5) is 13.6 Å². The van der Waals surface area contributed by atoms with E-state index in [0.717, 1.165) is 16.7 Å². The van der Waals surface area contributed by atoms with Gasteiger partial charge < -0.3 is 19.5 Å². The van der Waals surface area contributed by atoms with Crippen molar-refractivity contribution < 1.29 is 37.4 Å². The summed E-state index contributed by atoms with van der Waals surface area (Å²) in [6.07, 6.45) is 1.45. The molecule has 1 saturated heterocycles. The number of hydrogen-bond acceptors (Lipinski definition) is 7. The number of alkyl halides is 2. The highest BCUT2D eigenvalue weighted by atomic mass is 32.2. The van der Waals surface area contributed by atoms with Crippen LogP contribution in [0, 0.1) is 0 Å². The molecule has 1 aliphatic rings. The number of hydrogen-bond donors (Lipinski definition) is 1. The molecule has 0 saturated carbocycles. The Balaban J connectivity index is 1.54. The molecule has 2 aromatic rings. The van der Waals surface area contributed by atoms with Crippen LogP contribution in [0.15, 0.2) is 53.4 Å². The molecule has 174 valence electrons. The number of nitrogens with one attached hydrogen (secondary N) is 1. The molecule has 1 N–H and O–H groups in total. The maximum atomic E-state index is 12.6. The lowest BCUT2D eigenvalue weighted by molar-refractivity contribution is -0.125. The first-order chi connectivity index (χ1) is 15.9. The quantitative estimate of drug-likeness (QED) is 0.522. The second-order valence-corrected chi connectivity index (χ2v) is 7.57. The van der Waals surface area contributed by atoms with Crippen molar-refractivity contribution in [3.05, 3.63) is 59.0 Å². The van der Waals surface area contributed by atoms with E-state index in [1.807, 2.05) is 6.07 Å². The van der Waals surface area contributed by atoms with E-state index in [1.165, 1.54) is 31.4 Å². The van der Waals surface area contributed by atoms with E-state index in [-0.39, 0.29) is 42.0 Å². The van der Waals surface area contributed by atoms with Gasteiger partial charge >= 0.3 is 6.61 Å². The number of methoxy groups -OCH3 is 1. The Kier molecular flexibility index (Phi) is 8.25. The predicted molar refractivity (Wildman–Crippen MR) is 117 cm³/mol. The summed E-state index contributed by atoms with van der Waals surface area (Å²) in [4.78, 5) is 37.9. The fraction of sp³-hybridized carbons (Fsp3) is 0.227. The van der Waals surface area contributed by atoms with Crippen molar-refractivity contribution in [1.29, 1.82) is 0 Å². The highest BCUT2D eigenvalue weighted by molar-refractivity contribution is 8.18. The van der Waals surface area contributed by atoms with Crippen molar-refractivity contribution in [2.24, 2.45) is 0 Å². The van der Waals surface area contributed by atoms with Crippen LogP contribution in [-0.4, -0.2) is 55.4 Å². The lowest BCUT2D eigenvalue weighted by Crippen LogP contribution is -2.38. The topological polar surface area (TPSA) is 94.2 Å². The molecule has 0 aliphatic carbocycles. The summed E-state index contributed by atoms with van der Waals surface area (Å²) in [7, 11) is 1.30. The number of benzene rings is 2. The Morgan fingerprint density at radius 2 is 1.91 bits per heavy atom. The number of para-hydroxylation sites is 1. The van der Waals surface area contributed by atoms with Gasteiger partial charge in [0.25, 0.3) is 17.1 Å². The van der Waals surface area contributed by atoms with Crippen LogP contribution in [0.2, 0.25) is 0 Å². The number of carbonyl (C=O) groups excluding carboxylic acids is 3. The lowest BCUT2D eigenvalue weighted by atomic mass is 10.2. The first-order valence-electron chi connectivity index (χ1n) is 9.70. The monoisotopic (exact) mass is 478 g/mol. The molecule has 0 bridgehead atoms. The SMILES string of the molecule is COc1cc(/C=C2\SC(=O)N(CCNC(=O)COc3ccccc3)C2=O)ccc1OC(F)F. The van der Waals surface area contributed by atoms with Crippen LogP contribution >= 0.6 is 11.8 Å². The molecule has 0 unspecified atom stereocenters. The van der Waals surface area contributed by atoms with Gasteiger partial charge in [-0.25, -0.2) is 0 Å². The van der Waals surface area contributed by atoms with Gasteiger partial charge in [0.15, 0.2) is 18.1 Å². The zero-order valence-electron chi connectivity index (χ0n) is 17.5. The maximum absolute atomic E-state index is 12.6. The predicted octanol–water partition coefficient (Wildman–Crippen LogP) is 3.53. The molecule has 1 aliphatic heterocycles. The fourth-order valence-electron chi connectivity index (χ4n) is 2.84. The smallest absolute Gasteiger partial charge is 0.387 e.